The highest BCUT2D eigenvalue weighted by Gasteiger charge is 2.20. The molecule has 29 heavy (non-hydrogen) atoms. The molecule has 0 heterocycles. The Labute approximate surface area is 179 Å². The second-order valence-electron chi connectivity index (χ2n) is 5.90. The van der Waals surface area contributed by atoms with E-state index in [0.717, 1.165) is 5.69 Å². The minimum absolute atomic E-state index is 0.0832. The number of ether oxygens (including phenoxy) is 1. The number of halogens is 1. The molecule has 0 aromatic heterocycles. The van der Waals surface area contributed by atoms with Gasteiger partial charge in [0, 0.05) is 11.4 Å². The van der Waals surface area contributed by atoms with E-state index in [1.807, 2.05) is 30.3 Å². The van der Waals surface area contributed by atoms with E-state index < -0.39 is 10.0 Å². The van der Waals surface area contributed by atoms with E-state index in [-0.39, 0.29) is 9.92 Å². The number of rotatable bonds is 6. The van der Waals surface area contributed by atoms with Gasteiger partial charge in [-0.1, -0.05) is 41.9 Å². The first-order valence-corrected chi connectivity index (χ1v) is 10.7. The molecule has 6 nitrogen and oxygen atoms in total. The summed E-state index contributed by atoms with van der Waals surface area (Å²) in [6, 6.07) is 20.6. The highest BCUT2D eigenvalue weighted by Crippen LogP contribution is 2.30. The molecule has 0 radical (unpaired) electrons. The van der Waals surface area contributed by atoms with Crippen LogP contribution in [0, 0.1) is 0 Å². The van der Waals surface area contributed by atoms with Crippen molar-refractivity contribution in [3.05, 3.63) is 77.8 Å². The molecule has 3 aromatic carbocycles. The number of hydrogen-bond donors (Lipinski definition) is 3. The van der Waals surface area contributed by atoms with Crippen LogP contribution >= 0.6 is 23.8 Å². The molecule has 150 valence electrons. The summed E-state index contributed by atoms with van der Waals surface area (Å²) in [5, 5.41) is 6.39. The van der Waals surface area contributed by atoms with E-state index in [9.17, 15) is 8.42 Å². The number of anilines is 3. The Morgan fingerprint density at radius 1 is 0.931 bits per heavy atom. The molecule has 0 bridgehead atoms. The summed E-state index contributed by atoms with van der Waals surface area (Å²) in [4.78, 5) is -0.0856. The van der Waals surface area contributed by atoms with Gasteiger partial charge in [0.05, 0.1) is 17.8 Å². The van der Waals surface area contributed by atoms with Gasteiger partial charge >= 0.3 is 0 Å². The van der Waals surface area contributed by atoms with Crippen molar-refractivity contribution < 1.29 is 13.2 Å². The first-order valence-electron chi connectivity index (χ1n) is 8.47. The quantitative estimate of drug-likeness (QED) is 0.463. The van der Waals surface area contributed by atoms with Crippen LogP contribution in [0.25, 0.3) is 0 Å². The summed E-state index contributed by atoms with van der Waals surface area (Å²) in [5.74, 6) is 0.398. The van der Waals surface area contributed by atoms with Crippen molar-refractivity contribution in [1.29, 1.82) is 0 Å². The smallest absolute Gasteiger partial charge is 0.263 e. The second kappa shape index (κ2) is 9.13. The predicted octanol–water partition coefficient (Wildman–Crippen LogP) is 4.96. The SMILES string of the molecule is COc1ccccc1NS(=O)(=O)c1cc(NC(=S)Nc2ccccc2)ccc1Cl. The second-order valence-corrected chi connectivity index (χ2v) is 8.36. The summed E-state index contributed by atoms with van der Waals surface area (Å²) in [5.41, 5.74) is 1.60. The van der Waals surface area contributed by atoms with Gasteiger partial charge in [-0.2, -0.15) is 0 Å². The van der Waals surface area contributed by atoms with Crippen molar-refractivity contribution in [3.63, 3.8) is 0 Å². The fraction of sp³-hybridized carbons (Fsp3) is 0.0500. The summed E-state index contributed by atoms with van der Waals surface area (Å²) in [6.07, 6.45) is 0. The molecular formula is C20H18ClN3O3S2. The lowest BCUT2D eigenvalue weighted by Crippen LogP contribution is -2.20. The van der Waals surface area contributed by atoms with Crippen molar-refractivity contribution in [1.82, 2.24) is 0 Å². The zero-order chi connectivity index (χ0) is 20.9. The topological polar surface area (TPSA) is 79.5 Å². The Morgan fingerprint density at radius 2 is 1.59 bits per heavy atom. The van der Waals surface area contributed by atoms with Gasteiger partial charge in [0.1, 0.15) is 10.6 Å². The van der Waals surface area contributed by atoms with Crippen LogP contribution < -0.4 is 20.1 Å². The van der Waals surface area contributed by atoms with Crippen LogP contribution in [-0.2, 0) is 10.0 Å². The maximum atomic E-state index is 12.9. The van der Waals surface area contributed by atoms with E-state index in [1.54, 1.807) is 30.3 Å². The van der Waals surface area contributed by atoms with Crippen LogP contribution in [0.2, 0.25) is 5.02 Å². The maximum Gasteiger partial charge on any atom is 0.263 e. The lowest BCUT2D eigenvalue weighted by molar-refractivity contribution is 0.417. The summed E-state index contributed by atoms with van der Waals surface area (Å²) < 4.78 is 33.5. The lowest BCUT2D eigenvalue weighted by Gasteiger charge is -2.15. The predicted molar refractivity (Wildman–Crippen MR) is 122 cm³/mol. The highest BCUT2D eigenvalue weighted by atomic mass is 35.5. The number of methoxy groups -OCH3 is 1. The largest absolute Gasteiger partial charge is 0.495 e. The number of benzene rings is 3. The third kappa shape index (κ3) is 5.38. The van der Waals surface area contributed by atoms with Crippen molar-refractivity contribution in [3.8, 4) is 5.75 Å². The molecule has 3 rings (SSSR count). The minimum Gasteiger partial charge on any atom is -0.495 e. The van der Waals surface area contributed by atoms with Gasteiger partial charge in [-0.05, 0) is 54.7 Å². The fourth-order valence-electron chi connectivity index (χ4n) is 2.53. The van der Waals surface area contributed by atoms with Crippen molar-refractivity contribution in [2.75, 3.05) is 22.5 Å². The van der Waals surface area contributed by atoms with Crippen LogP contribution in [0.3, 0.4) is 0 Å². The van der Waals surface area contributed by atoms with Gasteiger partial charge in [-0.3, -0.25) is 4.72 Å². The van der Waals surface area contributed by atoms with E-state index in [0.29, 0.717) is 22.2 Å². The molecule has 0 aliphatic carbocycles. The van der Waals surface area contributed by atoms with Crippen LogP contribution in [-0.4, -0.2) is 20.6 Å². The molecule has 3 N–H and O–H groups in total. The molecule has 0 amide bonds. The summed E-state index contributed by atoms with van der Waals surface area (Å²) >= 11 is 11.4. The molecule has 0 spiro atoms. The zero-order valence-corrected chi connectivity index (χ0v) is 17.7. The normalized spacial score (nSPS) is 10.8. The zero-order valence-electron chi connectivity index (χ0n) is 15.3. The Kier molecular flexibility index (Phi) is 6.58. The molecule has 0 aliphatic heterocycles. The number of sulfonamides is 1. The first kappa shape index (κ1) is 20.9. The van der Waals surface area contributed by atoms with Crippen LogP contribution in [0.4, 0.5) is 17.1 Å². The Morgan fingerprint density at radius 3 is 2.31 bits per heavy atom. The molecule has 0 unspecified atom stereocenters. The Hall–Kier alpha value is -2.81. The molecule has 9 heteroatoms. The van der Waals surface area contributed by atoms with Gasteiger partial charge in [0.2, 0.25) is 0 Å². The third-order valence-electron chi connectivity index (χ3n) is 3.86. The van der Waals surface area contributed by atoms with Gasteiger partial charge < -0.3 is 15.4 Å². The van der Waals surface area contributed by atoms with Crippen molar-refractivity contribution >= 4 is 56.0 Å². The molecule has 0 saturated carbocycles. The maximum absolute atomic E-state index is 12.9. The third-order valence-corrected chi connectivity index (χ3v) is 5.91. The summed E-state index contributed by atoms with van der Waals surface area (Å²) in [7, 11) is -2.50. The van der Waals surface area contributed by atoms with Gasteiger partial charge in [0.25, 0.3) is 10.0 Å². The monoisotopic (exact) mass is 447 g/mol. The minimum atomic E-state index is -3.96. The Bertz CT molecular complexity index is 1120. The van der Waals surface area contributed by atoms with E-state index in [4.69, 9.17) is 28.6 Å². The van der Waals surface area contributed by atoms with Gasteiger partial charge in [-0.25, -0.2) is 8.42 Å². The standard InChI is InChI=1S/C20H18ClN3O3S2/c1-27-18-10-6-5-9-17(18)24-29(25,26)19-13-15(11-12-16(19)21)23-20(28)22-14-7-3-2-4-8-14/h2-13,24H,1H3,(H2,22,23,28). The molecule has 0 saturated heterocycles. The lowest BCUT2D eigenvalue weighted by atomic mass is 10.3. The van der Waals surface area contributed by atoms with Crippen LogP contribution in [0.15, 0.2) is 77.7 Å². The summed E-state index contributed by atoms with van der Waals surface area (Å²) in [6.45, 7) is 0. The highest BCUT2D eigenvalue weighted by molar-refractivity contribution is 7.92. The van der Waals surface area contributed by atoms with Crippen LogP contribution in [0.5, 0.6) is 5.75 Å². The number of hydrogen-bond acceptors (Lipinski definition) is 4. The molecule has 0 fully saturated rings. The number of thiocarbonyl (C=S) groups is 1. The van der Waals surface area contributed by atoms with Gasteiger partial charge in [-0.15, -0.1) is 0 Å². The molecule has 0 atom stereocenters. The Balaban J connectivity index is 1.81. The van der Waals surface area contributed by atoms with E-state index >= 15 is 0 Å². The van der Waals surface area contributed by atoms with Crippen molar-refractivity contribution in [2.24, 2.45) is 0 Å². The number of nitrogens with one attached hydrogen (secondary N) is 3. The van der Waals surface area contributed by atoms with E-state index in [1.165, 1.54) is 19.2 Å². The first-order chi connectivity index (χ1) is 13.9. The number of para-hydroxylation sites is 3. The average Bonchev–Trinajstić information content (AvgIpc) is 2.70. The molecule has 3 aromatic rings. The van der Waals surface area contributed by atoms with Crippen molar-refractivity contribution in [2.45, 2.75) is 4.90 Å². The van der Waals surface area contributed by atoms with Crippen LogP contribution in [0.1, 0.15) is 0 Å². The fourth-order valence-corrected chi connectivity index (χ4v) is 4.36. The molecular weight excluding hydrogens is 430 g/mol. The average molecular weight is 448 g/mol. The van der Waals surface area contributed by atoms with E-state index in [2.05, 4.69) is 15.4 Å². The van der Waals surface area contributed by atoms with Gasteiger partial charge in [0.15, 0.2) is 5.11 Å². The molecule has 0 aliphatic rings.